The summed E-state index contributed by atoms with van der Waals surface area (Å²) in [6, 6.07) is 6.49. The summed E-state index contributed by atoms with van der Waals surface area (Å²) in [5.41, 5.74) is 6.58. The number of piperazine rings is 1. The maximum atomic E-state index is 12.4. The van der Waals surface area contributed by atoms with Gasteiger partial charge in [-0.3, -0.25) is 14.5 Å². The molecule has 190 valence electrons. The molecule has 1 aliphatic heterocycles. The molecular weight excluding hydrogens is 470 g/mol. The van der Waals surface area contributed by atoms with Crippen molar-refractivity contribution in [1.29, 1.82) is 0 Å². The monoisotopic (exact) mass is 503 g/mol. The van der Waals surface area contributed by atoms with Crippen LogP contribution in [0.3, 0.4) is 0 Å². The fourth-order valence-electron chi connectivity index (χ4n) is 4.00. The smallest absolute Gasteiger partial charge is 0.270 e. The molecule has 0 spiro atoms. The number of methoxy groups -OCH3 is 1. The average Bonchev–Trinajstić information content (AvgIpc) is 2.86. The van der Waals surface area contributed by atoms with Gasteiger partial charge in [0.05, 0.1) is 12.8 Å². The van der Waals surface area contributed by atoms with Crippen molar-refractivity contribution in [3.8, 4) is 5.75 Å². The third kappa shape index (κ3) is 7.69. The number of ether oxygens (including phenoxy) is 1. The lowest BCUT2D eigenvalue weighted by Gasteiger charge is -2.36. The van der Waals surface area contributed by atoms with Gasteiger partial charge in [0.15, 0.2) is 0 Å². The summed E-state index contributed by atoms with van der Waals surface area (Å²) in [6.45, 7) is 7.22. The standard InChI is InChI=1S/C24H34ClN7O3/c1-3-5-18(22(26)33)29-23(34)19-8-10-28-24(30-19)27-9-4-11-31-12-14-32(15-13-31)20-16-17(25)6-7-21(20)35-2/h6-8,10,16,18H,3-5,9,11-15H2,1-2H3,(H2,26,33)(H,29,34)(H,27,28,30). The first kappa shape index (κ1) is 26.5. The lowest BCUT2D eigenvalue weighted by Crippen LogP contribution is -2.47. The van der Waals surface area contributed by atoms with Crippen molar-refractivity contribution >= 4 is 35.1 Å². The highest BCUT2D eigenvalue weighted by Gasteiger charge is 2.21. The zero-order valence-electron chi connectivity index (χ0n) is 20.3. The molecule has 1 aromatic heterocycles. The number of nitrogens with zero attached hydrogens (tertiary/aromatic N) is 4. The Balaban J connectivity index is 1.42. The van der Waals surface area contributed by atoms with E-state index < -0.39 is 17.9 Å². The van der Waals surface area contributed by atoms with E-state index in [-0.39, 0.29) is 5.69 Å². The van der Waals surface area contributed by atoms with Crippen LogP contribution in [-0.4, -0.2) is 79.1 Å². The van der Waals surface area contributed by atoms with Gasteiger partial charge in [0.25, 0.3) is 5.91 Å². The van der Waals surface area contributed by atoms with Crippen molar-refractivity contribution in [3.05, 3.63) is 41.2 Å². The van der Waals surface area contributed by atoms with Crippen LogP contribution in [0, 0.1) is 0 Å². The van der Waals surface area contributed by atoms with Gasteiger partial charge in [-0.05, 0) is 43.7 Å². The van der Waals surface area contributed by atoms with Gasteiger partial charge in [0.1, 0.15) is 17.5 Å². The molecule has 1 aliphatic rings. The zero-order chi connectivity index (χ0) is 25.2. The van der Waals surface area contributed by atoms with E-state index in [0.29, 0.717) is 23.9 Å². The molecule has 10 nitrogen and oxygen atoms in total. The molecule has 1 aromatic carbocycles. The first-order chi connectivity index (χ1) is 16.9. The van der Waals surface area contributed by atoms with E-state index in [1.54, 1.807) is 7.11 Å². The van der Waals surface area contributed by atoms with E-state index in [4.69, 9.17) is 22.1 Å². The Morgan fingerprint density at radius 2 is 2.00 bits per heavy atom. The summed E-state index contributed by atoms with van der Waals surface area (Å²) in [5, 5.41) is 6.51. The van der Waals surface area contributed by atoms with Crippen LogP contribution in [0.1, 0.15) is 36.7 Å². The van der Waals surface area contributed by atoms with Crippen LogP contribution in [0.5, 0.6) is 5.75 Å². The summed E-state index contributed by atoms with van der Waals surface area (Å²) < 4.78 is 5.49. The highest BCUT2D eigenvalue weighted by Crippen LogP contribution is 2.31. The molecular formula is C24H34ClN7O3. The van der Waals surface area contributed by atoms with E-state index in [9.17, 15) is 9.59 Å². The van der Waals surface area contributed by atoms with E-state index in [0.717, 1.165) is 57.0 Å². The lowest BCUT2D eigenvalue weighted by atomic mass is 10.1. The fourth-order valence-corrected chi connectivity index (χ4v) is 4.17. The first-order valence-electron chi connectivity index (χ1n) is 11.9. The molecule has 0 aliphatic carbocycles. The van der Waals surface area contributed by atoms with Crippen LogP contribution in [0.25, 0.3) is 0 Å². The van der Waals surface area contributed by atoms with Crippen molar-refractivity contribution in [1.82, 2.24) is 20.2 Å². The summed E-state index contributed by atoms with van der Waals surface area (Å²) in [7, 11) is 1.67. The number of primary amides is 1. The first-order valence-corrected chi connectivity index (χ1v) is 12.3. The number of benzene rings is 1. The molecule has 0 saturated carbocycles. The number of amides is 2. The van der Waals surface area contributed by atoms with Gasteiger partial charge in [0.2, 0.25) is 11.9 Å². The Hall–Kier alpha value is -3.11. The molecule has 4 N–H and O–H groups in total. The Bertz CT molecular complexity index is 999. The third-order valence-electron chi connectivity index (χ3n) is 5.90. The second kappa shape index (κ2) is 13.1. The lowest BCUT2D eigenvalue weighted by molar-refractivity contribution is -0.120. The van der Waals surface area contributed by atoms with Gasteiger partial charge in [-0.15, -0.1) is 0 Å². The minimum atomic E-state index is -0.709. The van der Waals surface area contributed by atoms with Crippen LogP contribution in [0.2, 0.25) is 5.02 Å². The highest BCUT2D eigenvalue weighted by molar-refractivity contribution is 6.30. The minimum absolute atomic E-state index is 0.192. The maximum Gasteiger partial charge on any atom is 0.270 e. The van der Waals surface area contributed by atoms with E-state index in [2.05, 4.69) is 30.4 Å². The molecule has 35 heavy (non-hydrogen) atoms. The zero-order valence-corrected chi connectivity index (χ0v) is 21.1. The molecule has 3 rings (SSSR count). The summed E-state index contributed by atoms with van der Waals surface area (Å²) >= 11 is 6.18. The van der Waals surface area contributed by atoms with Crippen molar-refractivity contribution < 1.29 is 14.3 Å². The van der Waals surface area contributed by atoms with E-state index in [1.807, 2.05) is 25.1 Å². The van der Waals surface area contributed by atoms with Crippen LogP contribution in [0.15, 0.2) is 30.5 Å². The van der Waals surface area contributed by atoms with E-state index in [1.165, 1.54) is 12.3 Å². The van der Waals surface area contributed by atoms with Crippen LogP contribution in [0.4, 0.5) is 11.6 Å². The van der Waals surface area contributed by atoms with Gasteiger partial charge < -0.3 is 26.0 Å². The maximum absolute atomic E-state index is 12.4. The summed E-state index contributed by atoms with van der Waals surface area (Å²) in [6.07, 6.45) is 3.64. The number of carbonyl (C=O) groups is 2. The molecule has 2 aromatic rings. The number of nitrogens with one attached hydrogen (secondary N) is 2. The average molecular weight is 504 g/mol. The highest BCUT2D eigenvalue weighted by atomic mass is 35.5. The third-order valence-corrected chi connectivity index (χ3v) is 6.14. The number of anilines is 2. The molecule has 1 fully saturated rings. The second-order valence-electron chi connectivity index (χ2n) is 8.41. The molecule has 2 amide bonds. The minimum Gasteiger partial charge on any atom is -0.495 e. The summed E-state index contributed by atoms with van der Waals surface area (Å²) in [4.78, 5) is 37.1. The predicted molar refractivity (Wildman–Crippen MR) is 137 cm³/mol. The van der Waals surface area contributed by atoms with Crippen LogP contribution in [-0.2, 0) is 4.79 Å². The van der Waals surface area contributed by atoms with Crippen molar-refractivity contribution in [2.75, 3.05) is 56.6 Å². The molecule has 11 heteroatoms. The van der Waals surface area contributed by atoms with Gasteiger partial charge in [0, 0.05) is 43.9 Å². The number of carbonyl (C=O) groups excluding carboxylic acids is 2. The summed E-state index contributed by atoms with van der Waals surface area (Å²) in [5.74, 6) is 0.210. The van der Waals surface area contributed by atoms with Crippen molar-refractivity contribution in [2.24, 2.45) is 5.73 Å². The fraction of sp³-hybridized carbons (Fsp3) is 0.500. The van der Waals surface area contributed by atoms with Crippen molar-refractivity contribution in [3.63, 3.8) is 0 Å². The number of aromatic nitrogens is 2. The molecule has 1 saturated heterocycles. The number of halogens is 1. The molecule has 1 atom stereocenters. The topological polar surface area (TPSA) is 126 Å². The number of hydrogen-bond acceptors (Lipinski definition) is 8. The normalized spacial score (nSPS) is 14.9. The van der Waals surface area contributed by atoms with E-state index >= 15 is 0 Å². The van der Waals surface area contributed by atoms with Gasteiger partial charge in [-0.2, -0.15) is 0 Å². The Morgan fingerprint density at radius 1 is 1.23 bits per heavy atom. The SMILES string of the molecule is CCCC(NC(=O)c1ccnc(NCCCN2CCN(c3cc(Cl)ccc3OC)CC2)n1)C(N)=O. The van der Waals surface area contributed by atoms with Gasteiger partial charge >= 0.3 is 0 Å². The number of hydrogen-bond donors (Lipinski definition) is 3. The molecule has 0 bridgehead atoms. The van der Waals surface area contributed by atoms with Gasteiger partial charge in [-0.1, -0.05) is 24.9 Å². The predicted octanol–water partition coefficient (Wildman–Crippen LogP) is 2.15. The molecule has 0 radical (unpaired) electrons. The van der Waals surface area contributed by atoms with Crippen LogP contribution < -0.4 is 26.0 Å². The van der Waals surface area contributed by atoms with Crippen LogP contribution >= 0.6 is 11.6 Å². The number of rotatable bonds is 12. The quantitative estimate of drug-likeness (QED) is 0.376. The van der Waals surface area contributed by atoms with Crippen molar-refractivity contribution in [2.45, 2.75) is 32.2 Å². The largest absolute Gasteiger partial charge is 0.495 e. The molecule has 1 unspecified atom stereocenters. The Labute approximate surface area is 211 Å². The Morgan fingerprint density at radius 3 is 2.69 bits per heavy atom. The van der Waals surface area contributed by atoms with Gasteiger partial charge in [-0.25, -0.2) is 9.97 Å². The second-order valence-corrected chi connectivity index (χ2v) is 8.84. The molecule has 2 heterocycles. The Kier molecular flexibility index (Phi) is 9.92. The number of nitrogens with two attached hydrogens (primary N) is 1.